The lowest BCUT2D eigenvalue weighted by Gasteiger charge is -2.15. The summed E-state index contributed by atoms with van der Waals surface area (Å²) in [4.78, 5) is 2.73. The third-order valence-electron chi connectivity index (χ3n) is 3.07. The van der Waals surface area contributed by atoms with Crippen LogP contribution in [-0.4, -0.2) is 24.2 Å². The molecule has 0 saturated heterocycles. The zero-order valence-corrected chi connectivity index (χ0v) is 13.5. The van der Waals surface area contributed by atoms with E-state index in [1.54, 1.807) is 0 Å². The van der Waals surface area contributed by atoms with E-state index in [1.807, 2.05) is 0 Å². The molecule has 9 heteroatoms. The Kier molecular flexibility index (Phi) is 5.93. The first-order chi connectivity index (χ1) is 12.1. The molecule has 0 radical (unpaired) electrons. The summed E-state index contributed by atoms with van der Waals surface area (Å²) in [7, 11) is -2.88. The monoisotopic (exact) mass is 384 g/mol. The molecule has 5 nitrogen and oxygen atoms in total. The number of hydrogen-bond acceptors (Lipinski definition) is 4. The molecular formula is C15H15Cl2F2NO4. The van der Waals surface area contributed by atoms with E-state index in [4.69, 9.17) is 32.1 Å². The Morgan fingerprint density at radius 2 is 1.92 bits per heavy atom. The number of aliphatic hydroxyl groups excluding tert-OH is 1. The highest BCUT2D eigenvalue weighted by Crippen LogP contribution is 2.33. The van der Waals surface area contributed by atoms with Crippen LogP contribution in [0.25, 0.3) is 0 Å². The minimum absolute atomic E-state index is 0. The second-order valence-electron chi connectivity index (χ2n) is 4.54. The van der Waals surface area contributed by atoms with Crippen LogP contribution >= 0.6 is 23.2 Å². The fraction of sp³-hybridized carbons (Fsp3) is 0.267. The zero-order chi connectivity index (χ0) is 19.5. The predicted molar refractivity (Wildman–Crippen MR) is 83.2 cm³/mol. The van der Waals surface area contributed by atoms with Gasteiger partial charge in [0.1, 0.15) is 10.0 Å². The molecule has 0 aliphatic heterocycles. The van der Waals surface area contributed by atoms with Crippen LogP contribution < -0.4 is 14.5 Å². The second kappa shape index (κ2) is 8.98. The highest BCUT2D eigenvalue weighted by atomic mass is 35.5. The standard InChI is InChI=1S/C15H13Cl2F2NO3.H2O/c1-22-14-4-8(2-3-13(14)23-15(18)19)12(21)5-9-10(16)6-20-7-11(9)17;/h2-4,6-7,12,15,21H,5H2,1H3;1H2/t12-;/m0./s1/i1D3;. The van der Waals surface area contributed by atoms with Gasteiger partial charge in [-0.1, -0.05) is 29.3 Å². The van der Waals surface area contributed by atoms with E-state index in [0.29, 0.717) is 15.6 Å². The minimum Gasteiger partial charge on any atom is -0.870 e. The third kappa shape index (κ3) is 4.91. The molecule has 0 aliphatic rings. The number of pyridine rings is 1. The van der Waals surface area contributed by atoms with Crippen molar-refractivity contribution in [3.05, 3.63) is 51.8 Å². The van der Waals surface area contributed by atoms with Gasteiger partial charge in [0.25, 0.3) is 0 Å². The van der Waals surface area contributed by atoms with Crippen molar-refractivity contribution in [3.63, 3.8) is 0 Å². The molecule has 0 fully saturated rings. The first kappa shape index (κ1) is 15.8. The van der Waals surface area contributed by atoms with Crippen molar-refractivity contribution in [1.82, 2.24) is 0 Å². The molecule has 0 amide bonds. The van der Waals surface area contributed by atoms with E-state index >= 15 is 0 Å². The first-order valence-electron chi connectivity index (χ1n) is 7.86. The molecule has 3 N–H and O–H groups in total. The van der Waals surface area contributed by atoms with Crippen molar-refractivity contribution >= 4 is 23.2 Å². The van der Waals surface area contributed by atoms with Crippen molar-refractivity contribution in [2.75, 3.05) is 7.04 Å². The van der Waals surface area contributed by atoms with Gasteiger partial charge in [0.15, 0.2) is 23.9 Å². The molecule has 132 valence electrons. The molecule has 1 atom stereocenters. The molecule has 0 bridgehead atoms. The summed E-state index contributed by atoms with van der Waals surface area (Å²) in [5.74, 6) is -0.905. The topological polar surface area (TPSA) is 82.8 Å². The van der Waals surface area contributed by atoms with Crippen LogP contribution in [0.3, 0.4) is 0 Å². The third-order valence-corrected chi connectivity index (χ3v) is 3.75. The van der Waals surface area contributed by atoms with Crippen LogP contribution in [0.4, 0.5) is 8.78 Å². The summed E-state index contributed by atoms with van der Waals surface area (Å²) in [5, 5.41) is 11.0. The number of aromatic amines is 1. The summed E-state index contributed by atoms with van der Waals surface area (Å²) >= 11 is 12.1. The number of ether oxygens (including phenoxy) is 2. The van der Waals surface area contributed by atoms with Crippen LogP contribution in [0.15, 0.2) is 30.6 Å². The van der Waals surface area contributed by atoms with E-state index in [9.17, 15) is 13.9 Å². The Bertz CT molecular complexity index is 761. The molecule has 1 aromatic carbocycles. The van der Waals surface area contributed by atoms with E-state index in [0.717, 1.165) is 12.1 Å². The van der Waals surface area contributed by atoms with Crippen LogP contribution in [0.2, 0.25) is 10.0 Å². The maximum atomic E-state index is 12.5. The van der Waals surface area contributed by atoms with Crippen molar-refractivity contribution < 1.29 is 37.9 Å². The van der Waals surface area contributed by atoms with Gasteiger partial charge in [-0.3, -0.25) is 0 Å². The summed E-state index contributed by atoms with van der Waals surface area (Å²) in [6.07, 6.45) is 1.83. The van der Waals surface area contributed by atoms with Crippen molar-refractivity contribution in [2.24, 2.45) is 0 Å². The molecule has 0 aliphatic carbocycles. The molecule has 0 spiro atoms. The number of hydrogen-bond donors (Lipinski definition) is 1. The number of benzene rings is 1. The molecule has 1 heterocycles. The van der Waals surface area contributed by atoms with Gasteiger partial charge in [0.2, 0.25) is 0 Å². The van der Waals surface area contributed by atoms with Crippen molar-refractivity contribution in [1.29, 1.82) is 0 Å². The van der Waals surface area contributed by atoms with Crippen molar-refractivity contribution in [2.45, 2.75) is 19.1 Å². The Labute approximate surface area is 151 Å². The van der Waals surface area contributed by atoms with Gasteiger partial charge in [0, 0.05) is 12.0 Å². The maximum Gasteiger partial charge on any atom is 0.387 e. The van der Waals surface area contributed by atoms with Gasteiger partial charge in [0.05, 0.1) is 17.3 Å². The van der Waals surface area contributed by atoms with Gasteiger partial charge in [-0.15, -0.1) is 0 Å². The van der Waals surface area contributed by atoms with Crippen LogP contribution in [0.5, 0.6) is 11.5 Å². The molecule has 2 aromatic rings. The fourth-order valence-corrected chi connectivity index (χ4v) is 2.52. The second-order valence-corrected chi connectivity index (χ2v) is 5.35. The van der Waals surface area contributed by atoms with Crippen LogP contribution in [0, 0.1) is 0 Å². The highest BCUT2D eigenvalue weighted by Gasteiger charge is 2.18. The normalized spacial score (nSPS) is 14.2. The quantitative estimate of drug-likeness (QED) is 0.825. The van der Waals surface area contributed by atoms with Gasteiger partial charge < -0.3 is 20.1 Å². The van der Waals surface area contributed by atoms with E-state index < -0.39 is 31.3 Å². The highest BCUT2D eigenvalue weighted by molar-refractivity contribution is 6.35. The lowest BCUT2D eigenvalue weighted by molar-refractivity contribution is -0.377. The van der Waals surface area contributed by atoms with Crippen LogP contribution in [-0.2, 0) is 6.42 Å². The van der Waals surface area contributed by atoms with Gasteiger partial charge >= 0.3 is 6.61 Å². The van der Waals surface area contributed by atoms with Gasteiger partial charge in [-0.25, -0.2) is 4.98 Å². The summed E-state index contributed by atoms with van der Waals surface area (Å²) < 4.78 is 55.3. The Morgan fingerprint density at radius 3 is 2.50 bits per heavy atom. The zero-order valence-electron chi connectivity index (χ0n) is 15.0. The van der Waals surface area contributed by atoms with Gasteiger partial charge in [-0.05, 0) is 17.7 Å². The first-order valence-corrected chi connectivity index (χ1v) is 7.12. The van der Waals surface area contributed by atoms with Crippen LogP contribution in [0.1, 0.15) is 21.3 Å². The summed E-state index contributed by atoms with van der Waals surface area (Å²) in [6.45, 7) is -3.16. The number of halogens is 4. The number of H-pyrrole nitrogens is 1. The summed E-state index contributed by atoms with van der Waals surface area (Å²) in [5.41, 5.74) is 0.677. The maximum absolute atomic E-state index is 12.5. The molecule has 0 unspecified atom stereocenters. The number of aromatic nitrogens is 1. The average Bonchev–Trinajstić information content (AvgIpc) is 2.50. The Morgan fingerprint density at radius 1 is 1.25 bits per heavy atom. The average molecular weight is 385 g/mol. The Hall–Kier alpha value is -1.67. The number of methoxy groups -OCH3 is 1. The SMILES string of the molecule is [2H]C([2H])([2H])Oc1cc([C@@H](O)Cc2c(Cl)c[nH+]cc2Cl)ccc1OC(F)F.[OH-]. The number of aliphatic hydroxyl groups is 1. The van der Waals surface area contributed by atoms with Crippen molar-refractivity contribution in [3.8, 4) is 11.5 Å². The number of alkyl halides is 2. The smallest absolute Gasteiger partial charge is 0.387 e. The molecule has 0 saturated carbocycles. The minimum atomic E-state index is -3.16. The predicted octanol–water partition coefficient (Wildman–Crippen LogP) is 3.52. The fourth-order valence-electron chi connectivity index (χ4n) is 1.99. The molecule has 2 rings (SSSR count). The van der Waals surface area contributed by atoms with E-state index in [-0.39, 0.29) is 17.5 Å². The van der Waals surface area contributed by atoms with E-state index in [1.165, 1.54) is 18.5 Å². The lowest BCUT2D eigenvalue weighted by atomic mass is 10.0. The molecule has 24 heavy (non-hydrogen) atoms. The van der Waals surface area contributed by atoms with Gasteiger partial charge in [-0.2, -0.15) is 8.78 Å². The largest absolute Gasteiger partial charge is 0.870 e. The number of nitrogens with one attached hydrogen (secondary N) is 1. The number of rotatable bonds is 6. The lowest BCUT2D eigenvalue weighted by Crippen LogP contribution is -2.08. The Balaban J connectivity index is 0.00000364. The molecule has 1 aromatic heterocycles. The molecular weight excluding hydrogens is 367 g/mol. The summed E-state index contributed by atoms with van der Waals surface area (Å²) in [6, 6.07) is 3.52. The van der Waals surface area contributed by atoms with E-state index in [2.05, 4.69) is 9.72 Å².